The Bertz CT molecular complexity index is 916. The van der Waals surface area contributed by atoms with Crippen molar-refractivity contribution in [1.82, 2.24) is 29.5 Å². The summed E-state index contributed by atoms with van der Waals surface area (Å²) in [5.74, 6) is 2.69. The van der Waals surface area contributed by atoms with Gasteiger partial charge in [-0.3, -0.25) is 9.13 Å². The molecule has 0 aliphatic carbocycles. The van der Waals surface area contributed by atoms with E-state index in [1.54, 1.807) is 28.1 Å². The fourth-order valence-electron chi connectivity index (χ4n) is 2.86. The minimum atomic E-state index is -0.139. The Labute approximate surface area is 153 Å². The van der Waals surface area contributed by atoms with Crippen LogP contribution in [0.4, 0.5) is 0 Å². The van der Waals surface area contributed by atoms with Crippen molar-refractivity contribution in [1.29, 1.82) is 0 Å². The highest BCUT2D eigenvalue weighted by atomic mass is 32.2. The first-order chi connectivity index (χ1) is 12.3. The topological polar surface area (TPSA) is 81.4 Å². The number of nitrogens with zero attached hydrogens (tertiary/aromatic N) is 5. The number of H-pyrrole nitrogens is 1. The molecule has 3 heterocycles. The summed E-state index contributed by atoms with van der Waals surface area (Å²) in [5, 5.41) is 17.1. The molecule has 0 saturated carbocycles. The first kappa shape index (κ1) is 16.5. The Morgan fingerprint density at radius 3 is 2.96 bits per heavy atom. The summed E-state index contributed by atoms with van der Waals surface area (Å²) in [6, 6.07) is 10.4. The zero-order chi connectivity index (χ0) is 17.2. The monoisotopic (exact) mass is 374 g/mol. The number of thioether (sulfide) groups is 2. The van der Waals surface area contributed by atoms with E-state index in [1.165, 1.54) is 0 Å². The molecule has 1 aromatic carbocycles. The molecule has 1 aliphatic heterocycles. The van der Waals surface area contributed by atoms with E-state index in [0.29, 0.717) is 6.54 Å². The molecule has 0 amide bonds. The zero-order valence-electron chi connectivity index (χ0n) is 13.8. The number of rotatable bonds is 6. The molecule has 2 aromatic heterocycles. The second-order valence-electron chi connectivity index (χ2n) is 5.78. The fraction of sp³-hybridized carbons (Fsp3) is 0.375. The third-order valence-electron chi connectivity index (χ3n) is 4.04. The van der Waals surface area contributed by atoms with Crippen LogP contribution in [-0.2, 0) is 6.54 Å². The van der Waals surface area contributed by atoms with Crippen LogP contribution < -0.4 is 5.69 Å². The van der Waals surface area contributed by atoms with E-state index in [-0.39, 0.29) is 11.7 Å². The van der Waals surface area contributed by atoms with Crippen molar-refractivity contribution in [2.45, 2.75) is 36.2 Å². The van der Waals surface area contributed by atoms with Crippen LogP contribution in [0, 0.1) is 0 Å². The molecule has 0 bridgehead atoms. The van der Waals surface area contributed by atoms with Gasteiger partial charge in [0.05, 0.1) is 6.04 Å². The van der Waals surface area contributed by atoms with E-state index >= 15 is 0 Å². The molecule has 0 spiro atoms. The molecular weight excluding hydrogens is 356 g/mol. The summed E-state index contributed by atoms with van der Waals surface area (Å²) in [6.45, 7) is 2.74. The predicted molar refractivity (Wildman–Crippen MR) is 99.1 cm³/mol. The Balaban J connectivity index is 1.56. The normalized spacial score (nSPS) is 16.3. The molecule has 1 atom stereocenters. The van der Waals surface area contributed by atoms with Crippen LogP contribution in [0.5, 0.6) is 0 Å². The molecular formula is C16H18N6OS2. The van der Waals surface area contributed by atoms with Gasteiger partial charge < -0.3 is 0 Å². The molecule has 0 unspecified atom stereocenters. The number of fused-ring (bicyclic) bond motifs is 1. The van der Waals surface area contributed by atoms with E-state index in [1.807, 2.05) is 18.2 Å². The van der Waals surface area contributed by atoms with E-state index in [4.69, 9.17) is 0 Å². The van der Waals surface area contributed by atoms with Gasteiger partial charge in [0.15, 0.2) is 16.1 Å². The zero-order valence-corrected chi connectivity index (χ0v) is 15.4. The van der Waals surface area contributed by atoms with Crippen molar-refractivity contribution < 1.29 is 0 Å². The van der Waals surface area contributed by atoms with Crippen LogP contribution in [0.3, 0.4) is 0 Å². The van der Waals surface area contributed by atoms with Crippen LogP contribution in [0.25, 0.3) is 11.4 Å². The number of benzene rings is 1. The van der Waals surface area contributed by atoms with Gasteiger partial charge in [0, 0.05) is 23.6 Å². The molecule has 1 aliphatic rings. The van der Waals surface area contributed by atoms with Gasteiger partial charge in [0.25, 0.3) is 0 Å². The van der Waals surface area contributed by atoms with Gasteiger partial charge in [0.2, 0.25) is 0 Å². The minimum Gasteiger partial charge on any atom is -0.297 e. The Morgan fingerprint density at radius 2 is 2.16 bits per heavy atom. The lowest BCUT2D eigenvalue weighted by molar-refractivity contribution is 0.587. The third-order valence-corrected chi connectivity index (χ3v) is 6.25. The van der Waals surface area contributed by atoms with Gasteiger partial charge in [-0.15, -0.1) is 15.3 Å². The smallest absolute Gasteiger partial charge is 0.297 e. The van der Waals surface area contributed by atoms with E-state index in [2.05, 4.69) is 44.0 Å². The van der Waals surface area contributed by atoms with Gasteiger partial charge in [-0.2, -0.15) is 0 Å². The quantitative estimate of drug-likeness (QED) is 0.668. The second kappa shape index (κ2) is 7.09. The Kier molecular flexibility index (Phi) is 4.67. The van der Waals surface area contributed by atoms with Crippen LogP contribution in [-0.4, -0.2) is 41.0 Å². The van der Waals surface area contributed by atoms with Gasteiger partial charge in [0.1, 0.15) is 0 Å². The van der Waals surface area contributed by atoms with Crippen molar-refractivity contribution in [2.75, 3.05) is 11.5 Å². The fourth-order valence-corrected chi connectivity index (χ4v) is 5.14. The molecule has 0 radical (unpaired) electrons. The summed E-state index contributed by atoms with van der Waals surface area (Å²) in [5.41, 5.74) is 0.932. The maximum absolute atomic E-state index is 11.8. The minimum absolute atomic E-state index is 0.139. The first-order valence-corrected chi connectivity index (χ1v) is 10.2. The number of hydrogen-bond donors (Lipinski definition) is 1. The number of aromatic amines is 1. The molecule has 0 saturated heterocycles. The average molecular weight is 374 g/mol. The summed E-state index contributed by atoms with van der Waals surface area (Å²) in [7, 11) is 0. The lowest BCUT2D eigenvalue weighted by Gasteiger charge is -2.14. The molecule has 7 nitrogen and oxygen atoms in total. The molecule has 25 heavy (non-hydrogen) atoms. The van der Waals surface area contributed by atoms with Gasteiger partial charge in [-0.05, 0) is 6.42 Å². The highest BCUT2D eigenvalue weighted by Crippen LogP contribution is 2.38. The molecule has 4 rings (SSSR count). The second-order valence-corrected chi connectivity index (χ2v) is 7.76. The molecule has 3 aromatic rings. The van der Waals surface area contributed by atoms with Crippen LogP contribution in [0.15, 0.2) is 45.4 Å². The summed E-state index contributed by atoms with van der Waals surface area (Å²) in [6.07, 6.45) is 0.903. The van der Waals surface area contributed by atoms with Crippen LogP contribution >= 0.6 is 23.5 Å². The predicted octanol–water partition coefficient (Wildman–Crippen LogP) is 2.68. The molecule has 130 valence electrons. The molecule has 9 heteroatoms. The van der Waals surface area contributed by atoms with Crippen molar-refractivity contribution >= 4 is 23.5 Å². The third kappa shape index (κ3) is 3.13. The summed E-state index contributed by atoms with van der Waals surface area (Å²) < 4.78 is 3.92. The van der Waals surface area contributed by atoms with Crippen molar-refractivity contribution in [3.63, 3.8) is 0 Å². The summed E-state index contributed by atoms with van der Waals surface area (Å²) >= 11 is 3.33. The van der Waals surface area contributed by atoms with E-state index in [0.717, 1.165) is 39.6 Å². The standard InChI is InChI=1S/C16H18N6OS2/c1-2-8-21-14(23)18-19-15(21)24-9-12-10-25-16-20-17-13(22(12)16)11-6-4-3-5-7-11/h3-7,12H,2,8-10H2,1H3,(H,18,23)/t12-/m0/s1. The van der Waals surface area contributed by atoms with E-state index < -0.39 is 0 Å². The van der Waals surface area contributed by atoms with Crippen LogP contribution in [0.1, 0.15) is 19.4 Å². The lowest BCUT2D eigenvalue weighted by Crippen LogP contribution is -2.18. The first-order valence-electron chi connectivity index (χ1n) is 8.19. The summed E-state index contributed by atoms with van der Waals surface area (Å²) in [4.78, 5) is 11.8. The highest BCUT2D eigenvalue weighted by Gasteiger charge is 2.29. The highest BCUT2D eigenvalue weighted by molar-refractivity contribution is 8.00. The van der Waals surface area contributed by atoms with Crippen molar-refractivity contribution in [3.05, 3.63) is 40.8 Å². The molecule has 1 N–H and O–H groups in total. The number of aromatic nitrogens is 6. The van der Waals surface area contributed by atoms with E-state index in [9.17, 15) is 4.79 Å². The van der Waals surface area contributed by atoms with Crippen LogP contribution in [0.2, 0.25) is 0 Å². The number of hydrogen-bond acceptors (Lipinski definition) is 6. The maximum atomic E-state index is 11.8. The number of nitrogens with one attached hydrogen (secondary N) is 1. The molecule has 0 fully saturated rings. The van der Waals surface area contributed by atoms with Crippen molar-refractivity contribution in [2.24, 2.45) is 0 Å². The van der Waals surface area contributed by atoms with Crippen molar-refractivity contribution in [3.8, 4) is 11.4 Å². The van der Waals surface area contributed by atoms with Gasteiger partial charge in [-0.25, -0.2) is 9.89 Å². The Morgan fingerprint density at radius 1 is 1.32 bits per heavy atom. The largest absolute Gasteiger partial charge is 0.343 e. The lowest BCUT2D eigenvalue weighted by atomic mass is 10.2. The Hall–Kier alpha value is -2.00. The SMILES string of the molecule is CCCn1c(SC[C@H]2CSc3nnc(-c4ccccc4)n32)n[nH]c1=O. The average Bonchev–Trinajstić information content (AvgIpc) is 3.31. The van der Waals surface area contributed by atoms with Gasteiger partial charge in [-0.1, -0.05) is 60.8 Å². The van der Waals surface area contributed by atoms with Gasteiger partial charge >= 0.3 is 5.69 Å². The maximum Gasteiger partial charge on any atom is 0.343 e.